The van der Waals surface area contributed by atoms with Crippen LogP contribution in [0.5, 0.6) is 0 Å². The maximum Gasteiger partial charge on any atom is 0.291 e. The van der Waals surface area contributed by atoms with E-state index >= 15 is 0 Å². The predicted octanol–water partition coefficient (Wildman–Crippen LogP) is 3.86. The number of carbonyl (C=O) groups excluding carboxylic acids is 1. The number of aromatic nitrogens is 2. The van der Waals surface area contributed by atoms with Crippen LogP contribution in [0.3, 0.4) is 0 Å². The Morgan fingerprint density at radius 1 is 1.04 bits per heavy atom. The summed E-state index contributed by atoms with van der Waals surface area (Å²) < 4.78 is 1.12. The van der Waals surface area contributed by atoms with Crippen molar-refractivity contribution < 1.29 is 4.79 Å². The van der Waals surface area contributed by atoms with Crippen LogP contribution >= 0.6 is 23.2 Å². The molecule has 0 spiro atoms. The Morgan fingerprint density at radius 2 is 1.67 bits per heavy atom. The van der Waals surface area contributed by atoms with E-state index in [0.717, 1.165) is 10.4 Å². The summed E-state index contributed by atoms with van der Waals surface area (Å²) >= 11 is 11.6. The van der Waals surface area contributed by atoms with Gasteiger partial charge in [-0.1, -0.05) is 23.2 Å². The van der Waals surface area contributed by atoms with Crippen molar-refractivity contribution in [3.8, 4) is 5.69 Å². The fraction of sp³-hybridized carbons (Fsp3) is 0.105. The number of hydrogen-bond donors (Lipinski definition) is 1. The summed E-state index contributed by atoms with van der Waals surface area (Å²) in [7, 11) is 3.90. The normalized spacial score (nSPS) is 10.5. The van der Waals surface area contributed by atoms with Gasteiger partial charge in [0.1, 0.15) is 5.02 Å². The number of hydrogen-bond acceptors (Lipinski definition) is 4. The molecular formula is C19H16Cl2N4O2. The van der Waals surface area contributed by atoms with E-state index in [4.69, 9.17) is 23.2 Å². The third-order valence-electron chi connectivity index (χ3n) is 3.89. The van der Waals surface area contributed by atoms with Crippen LogP contribution in [-0.4, -0.2) is 29.8 Å². The summed E-state index contributed by atoms with van der Waals surface area (Å²) in [6.45, 7) is 0. The number of carbonyl (C=O) groups is 1. The molecule has 1 heterocycles. The zero-order valence-electron chi connectivity index (χ0n) is 14.6. The standard InChI is InChI=1S/C19H16Cl2N4O2/c1-24(2)14-9-5-13(6-10-14)23-18(26)12-3-7-15(8-4-12)25-19(27)17(21)16(20)11-22-25/h3-11H,1-2H3,(H,23,26). The van der Waals surface area contributed by atoms with Gasteiger partial charge < -0.3 is 10.2 Å². The molecule has 1 N–H and O–H groups in total. The number of nitrogens with zero attached hydrogens (tertiary/aromatic N) is 3. The van der Waals surface area contributed by atoms with Crippen molar-refractivity contribution in [1.82, 2.24) is 9.78 Å². The van der Waals surface area contributed by atoms with Crippen LogP contribution in [0.4, 0.5) is 11.4 Å². The lowest BCUT2D eigenvalue weighted by Gasteiger charge is -2.13. The van der Waals surface area contributed by atoms with Crippen LogP contribution in [0.2, 0.25) is 10.0 Å². The summed E-state index contributed by atoms with van der Waals surface area (Å²) in [6.07, 6.45) is 1.29. The van der Waals surface area contributed by atoms with E-state index in [1.165, 1.54) is 6.20 Å². The first-order valence-corrected chi connectivity index (χ1v) is 8.75. The van der Waals surface area contributed by atoms with Gasteiger partial charge in [-0.05, 0) is 48.5 Å². The molecule has 6 nitrogen and oxygen atoms in total. The van der Waals surface area contributed by atoms with Gasteiger partial charge in [0.25, 0.3) is 11.5 Å². The molecule has 0 bridgehead atoms. The minimum absolute atomic E-state index is 0.0919. The zero-order chi connectivity index (χ0) is 19.6. The number of nitrogens with one attached hydrogen (secondary N) is 1. The minimum Gasteiger partial charge on any atom is -0.378 e. The molecule has 0 saturated heterocycles. The molecule has 3 rings (SSSR count). The molecule has 0 aliphatic rings. The number of anilines is 2. The number of amides is 1. The minimum atomic E-state index is -0.526. The number of benzene rings is 2. The Morgan fingerprint density at radius 3 is 2.26 bits per heavy atom. The summed E-state index contributed by atoms with van der Waals surface area (Å²) in [6, 6.07) is 13.9. The van der Waals surface area contributed by atoms with Crippen molar-refractivity contribution in [2.24, 2.45) is 0 Å². The molecule has 2 aromatic carbocycles. The van der Waals surface area contributed by atoms with E-state index in [1.807, 2.05) is 43.3 Å². The average molecular weight is 403 g/mol. The van der Waals surface area contributed by atoms with Gasteiger partial charge in [-0.3, -0.25) is 9.59 Å². The second-order valence-electron chi connectivity index (χ2n) is 5.97. The monoisotopic (exact) mass is 402 g/mol. The summed E-state index contributed by atoms with van der Waals surface area (Å²) in [4.78, 5) is 26.5. The Kier molecular flexibility index (Phi) is 5.48. The summed E-state index contributed by atoms with van der Waals surface area (Å²) in [5.41, 5.74) is 2.13. The van der Waals surface area contributed by atoms with Gasteiger partial charge in [0.2, 0.25) is 0 Å². The first-order valence-electron chi connectivity index (χ1n) is 7.99. The molecule has 1 aromatic heterocycles. The second kappa shape index (κ2) is 7.82. The molecular weight excluding hydrogens is 387 g/mol. The maximum absolute atomic E-state index is 12.4. The van der Waals surface area contributed by atoms with Gasteiger partial charge in [0.15, 0.2) is 0 Å². The Hall–Kier alpha value is -2.83. The molecule has 8 heteroatoms. The number of halogens is 2. The highest BCUT2D eigenvalue weighted by Crippen LogP contribution is 2.18. The highest BCUT2D eigenvalue weighted by Gasteiger charge is 2.11. The quantitative estimate of drug-likeness (QED) is 0.719. The molecule has 0 aliphatic carbocycles. The van der Waals surface area contributed by atoms with Gasteiger partial charge in [-0.2, -0.15) is 9.78 Å². The van der Waals surface area contributed by atoms with Gasteiger partial charge in [0.05, 0.1) is 16.9 Å². The van der Waals surface area contributed by atoms with Crippen molar-refractivity contribution in [1.29, 1.82) is 0 Å². The maximum atomic E-state index is 12.4. The molecule has 0 saturated carbocycles. The van der Waals surface area contributed by atoms with E-state index in [9.17, 15) is 9.59 Å². The van der Waals surface area contributed by atoms with Gasteiger partial charge >= 0.3 is 0 Å². The average Bonchev–Trinajstić information content (AvgIpc) is 2.67. The Bertz CT molecular complexity index is 1030. The van der Waals surface area contributed by atoms with E-state index in [2.05, 4.69) is 10.4 Å². The molecule has 3 aromatic rings. The third kappa shape index (κ3) is 4.13. The van der Waals surface area contributed by atoms with E-state index in [-0.39, 0.29) is 16.0 Å². The number of rotatable bonds is 4. The van der Waals surface area contributed by atoms with Crippen molar-refractivity contribution in [3.05, 3.63) is 80.7 Å². The van der Waals surface area contributed by atoms with Crippen LogP contribution in [0.1, 0.15) is 10.4 Å². The van der Waals surface area contributed by atoms with Crippen molar-refractivity contribution in [3.63, 3.8) is 0 Å². The van der Waals surface area contributed by atoms with Crippen molar-refractivity contribution >= 4 is 40.5 Å². The highest BCUT2D eigenvalue weighted by atomic mass is 35.5. The molecule has 138 valence electrons. The Balaban J connectivity index is 1.78. The van der Waals surface area contributed by atoms with E-state index < -0.39 is 5.56 Å². The van der Waals surface area contributed by atoms with Gasteiger partial charge in [0, 0.05) is 31.0 Å². The van der Waals surface area contributed by atoms with Crippen molar-refractivity contribution in [2.45, 2.75) is 0 Å². The van der Waals surface area contributed by atoms with Crippen LogP contribution in [0.15, 0.2) is 59.5 Å². The first kappa shape index (κ1) is 18.9. The summed E-state index contributed by atoms with van der Waals surface area (Å²) in [5.74, 6) is -0.256. The highest BCUT2D eigenvalue weighted by molar-refractivity contribution is 6.41. The van der Waals surface area contributed by atoms with Crippen LogP contribution < -0.4 is 15.8 Å². The van der Waals surface area contributed by atoms with Crippen LogP contribution in [0, 0.1) is 0 Å². The van der Waals surface area contributed by atoms with Gasteiger partial charge in [-0.15, -0.1) is 0 Å². The second-order valence-corrected chi connectivity index (χ2v) is 6.75. The first-order chi connectivity index (χ1) is 12.9. The van der Waals surface area contributed by atoms with E-state index in [0.29, 0.717) is 16.9 Å². The molecule has 1 amide bonds. The van der Waals surface area contributed by atoms with Crippen LogP contribution in [-0.2, 0) is 0 Å². The largest absolute Gasteiger partial charge is 0.378 e. The molecule has 0 unspecified atom stereocenters. The van der Waals surface area contributed by atoms with E-state index in [1.54, 1.807) is 24.3 Å². The molecule has 0 atom stereocenters. The lowest BCUT2D eigenvalue weighted by molar-refractivity contribution is 0.102. The SMILES string of the molecule is CN(C)c1ccc(NC(=O)c2ccc(-n3ncc(Cl)c(Cl)c3=O)cc2)cc1. The predicted molar refractivity (Wildman–Crippen MR) is 109 cm³/mol. The molecule has 27 heavy (non-hydrogen) atoms. The fourth-order valence-corrected chi connectivity index (χ4v) is 2.65. The van der Waals surface area contributed by atoms with Gasteiger partial charge in [-0.25, -0.2) is 0 Å². The van der Waals surface area contributed by atoms with Crippen LogP contribution in [0.25, 0.3) is 5.69 Å². The third-order valence-corrected chi connectivity index (χ3v) is 4.64. The molecule has 0 fully saturated rings. The lowest BCUT2D eigenvalue weighted by Crippen LogP contribution is -2.21. The fourth-order valence-electron chi connectivity index (χ4n) is 2.40. The summed E-state index contributed by atoms with van der Waals surface area (Å²) in [5, 5.41) is 6.78. The smallest absolute Gasteiger partial charge is 0.291 e. The zero-order valence-corrected chi connectivity index (χ0v) is 16.1. The topological polar surface area (TPSA) is 67.2 Å². The molecule has 0 radical (unpaired) electrons. The molecule has 0 aliphatic heterocycles. The lowest BCUT2D eigenvalue weighted by atomic mass is 10.2. The van der Waals surface area contributed by atoms with Crippen molar-refractivity contribution in [2.75, 3.05) is 24.3 Å². The Labute approximate surface area is 165 Å².